The summed E-state index contributed by atoms with van der Waals surface area (Å²) >= 11 is 0. The molecule has 0 aliphatic rings. The number of carbonyl (C=O) groups is 1. The highest BCUT2D eigenvalue weighted by Gasteiger charge is 2.02. The van der Waals surface area contributed by atoms with Gasteiger partial charge in [-0.05, 0) is 24.3 Å². The lowest BCUT2D eigenvalue weighted by atomic mass is 10.3. The molecule has 7 nitrogen and oxygen atoms in total. The molecular formula is C12H15N5O2. The summed E-state index contributed by atoms with van der Waals surface area (Å²) in [5.41, 5.74) is 6.20. The van der Waals surface area contributed by atoms with Crippen LogP contribution in [0.1, 0.15) is 0 Å². The molecule has 100 valence electrons. The lowest BCUT2D eigenvalue weighted by Crippen LogP contribution is -2.31. The molecule has 7 heteroatoms. The van der Waals surface area contributed by atoms with Crippen LogP contribution in [0.15, 0.2) is 36.7 Å². The summed E-state index contributed by atoms with van der Waals surface area (Å²) in [6, 6.07) is 6.88. The standard InChI is InChI=1S/C12H15N5O2/c13-10-1-3-11(4-2-10)19-9-12(18)14-5-7-17-8-6-15-16-17/h1-4,6,8H,5,7,9,13H2,(H,14,18). The summed E-state index contributed by atoms with van der Waals surface area (Å²) in [6.07, 6.45) is 3.32. The summed E-state index contributed by atoms with van der Waals surface area (Å²) in [5, 5.41) is 10.2. The number of rotatable bonds is 6. The largest absolute Gasteiger partial charge is 0.484 e. The number of anilines is 1. The van der Waals surface area contributed by atoms with Gasteiger partial charge in [-0.3, -0.25) is 9.48 Å². The first-order chi connectivity index (χ1) is 9.24. The smallest absolute Gasteiger partial charge is 0.258 e. The fourth-order valence-corrected chi connectivity index (χ4v) is 1.43. The molecule has 1 amide bonds. The van der Waals surface area contributed by atoms with Crippen molar-refractivity contribution in [2.75, 3.05) is 18.9 Å². The molecule has 0 saturated carbocycles. The highest BCUT2D eigenvalue weighted by atomic mass is 16.5. The molecule has 0 aliphatic heterocycles. The van der Waals surface area contributed by atoms with Gasteiger partial charge in [0, 0.05) is 18.4 Å². The van der Waals surface area contributed by atoms with Crippen molar-refractivity contribution in [3.05, 3.63) is 36.7 Å². The van der Waals surface area contributed by atoms with E-state index in [2.05, 4.69) is 15.6 Å². The van der Waals surface area contributed by atoms with E-state index in [1.54, 1.807) is 41.3 Å². The minimum absolute atomic E-state index is 0.0265. The van der Waals surface area contributed by atoms with Crippen molar-refractivity contribution in [3.8, 4) is 5.75 Å². The van der Waals surface area contributed by atoms with E-state index in [0.717, 1.165) is 0 Å². The average molecular weight is 261 g/mol. The number of nitrogens with zero attached hydrogens (tertiary/aromatic N) is 3. The Morgan fingerprint density at radius 2 is 2.16 bits per heavy atom. The average Bonchev–Trinajstić information content (AvgIpc) is 2.91. The topological polar surface area (TPSA) is 95.1 Å². The van der Waals surface area contributed by atoms with Crippen molar-refractivity contribution in [1.29, 1.82) is 0 Å². The molecule has 0 fully saturated rings. The van der Waals surface area contributed by atoms with Crippen LogP contribution in [0.3, 0.4) is 0 Å². The second-order valence-electron chi connectivity index (χ2n) is 3.87. The zero-order chi connectivity index (χ0) is 13.5. The number of amides is 1. The fraction of sp³-hybridized carbons (Fsp3) is 0.250. The van der Waals surface area contributed by atoms with E-state index in [9.17, 15) is 4.79 Å². The van der Waals surface area contributed by atoms with Gasteiger partial charge >= 0.3 is 0 Å². The van der Waals surface area contributed by atoms with E-state index in [-0.39, 0.29) is 12.5 Å². The van der Waals surface area contributed by atoms with Crippen molar-refractivity contribution < 1.29 is 9.53 Å². The van der Waals surface area contributed by atoms with Crippen LogP contribution in [-0.4, -0.2) is 34.1 Å². The van der Waals surface area contributed by atoms with E-state index in [1.807, 2.05) is 0 Å². The Morgan fingerprint density at radius 3 is 2.84 bits per heavy atom. The van der Waals surface area contributed by atoms with E-state index in [0.29, 0.717) is 24.5 Å². The summed E-state index contributed by atoms with van der Waals surface area (Å²) in [6.45, 7) is 1.03. The number of nitrogens with two attached hydrogens (primary N) is 1. The number of benzene rings is 1. The minimum Gasteiger partial charge on any atom is -0.484 e. The maximum Gasteiger partial charge on any atom is 0.258 e. The van der Waals surface area contributed by atoms with Gasteiger partial charge in [0.2, 0.25) is 0 Å². The fourth-order valence-electron chi connectivity index (χ4n) is 1.43. The number of ether oxygens (including phenoxy) is 1. The van der Waals surface area contributed by atoms with Gasteiger partial charge in [0.05, 0.1) is 12.7 Å². The third-order valence-electron chi connectivity index (χ3n) is 2.39. The summed E-state index contributed by atoms with van der Waals surface area (Å²) < 4.78 is 6.95. The number of hydrogen-bond donors (Lipinski definition) is 2. The van der Waals surface area contributed by atoms with Crippen molar-refractivity contribution in [2.45, 2.75) is 6.54 Å². The van der Waals surface area contributed by atoms with Crippen LogP contribution in [0, 0.1) is 0 Å². The van der Waals surface area contributed by atoms with E-state index in [1.165, 1.54) is 0 Å². The number of nitrogens with one attached hydrogen (secondary N) is 1. The second-order valence-corrected chi connectivity index (χ2v) is 3.87. The number of aromatic nitrogens is 3. The summed E-state index contributed by atoms with van der Waals surface area (Å²) in [4.78, 5) is 11.5. The Morgan fingerprint density at radius 1 is 1.37 bits per heavy atom. The van der Waals surface area contributed by atoms with Gasteiger partial charge in [-0.1, -0.05) is 5.21 Å². The van der Waals surface area contributed by atoms with Crippen molar-refractivity contribution in [1.82, 2.24) is 20.3 Å². The Balaban J connectivity index is 1.65. The van der Waals surface area contributed by atoms with Gasteiger partial charge in [0.15, 0.2) is 6.61 Å². The highest BCUT2D eigenvalue weighted by molar-refractivity contribution is 5.77. The molecule has 1 aromatic heterocycles. The quantitative estimate of drug-likeness (QED) is 0.717. The Bertz CT molecular complexity index is 509. The molecule has 0 aliphatic carbocycles. The summed E-state index contributed by atoms with van der Waals surface area (Å²) in [5.74, 6) is 0.428. The van der Waals surface area contributed by atoms with Gasteiger partial charge < -0.3 is 15.8 Å². The van der Waals surface area contributed by atoms with Crippen LogP contribution < -0.4 is 15.8 Å². The number of hydrogen-bond acceptors (Lipinski definition) is 5. The number of nitrogen functional groups attached to an aromatic ring is 1. The van der Waals surface area contributed by atoms with Crippen molar-refractivity contribution in [2.24, 2.45) is 0 Å². The molecule has 0 spiro atoms. The van der Waals surface area contributed by atoms with Crippen LogP contribution in [0.4, 0.5) is 5.69 Å². The Hall–Kier alpha value is -2.57. The third-order valence-corrected chi connectivity index (χ3v) is 2.39. The Labute approximate surface area is 110 Å². The monoisotopic (exact) mass is 261 g/mol. The summed E-state index contributed by atoms with van der Waals surface area (Å²) in [7, 11) is 0. The van der Waals surface area contributed by atoms with Crippen LogP contribution in [0.5, 0.6) is 5.75 Å². The second kappa shape index (κ2) is 6.39. The molecule has 0 saturated heterocycles. The minimum atomic E-state index is -0.183. The zero-order valence-corrected chi connectivity index (χ0v) is 10.3. The zero-order valence-electron chi connectivity index (χ0n) is 10.3. The van der Waals surface area contributed by atoms with E-state index >= 15 is 0 Å². The lowest BCUT2D eigenvalue weighted by molar-refractivity contribution is -0.123. The molecule has 2 rings (SSSR count). The third kappa shape index (κ3) is 4.30. The SMILES string of the molecule is Nc1ccc(OCC(=O)NCCn2ccnn2)cc1. The Kier molecular flexibility index (Phi) is 4.33. The van der Waals surface area contributed by atoms with Crippen LogP contribution >= 0.6 is 0 Å². The molecule has 0 bridgehead atoms. The van der Waals surface area contributed by atoms with Gasteiger partial charge in [0.25, 0.3) is 5.91 Å². The normalized spacial score (nSPS) is 10.1. The first-order valence-electron chi connectivity index (χ1n) is 5.83. The first-order valence-corrected chi connectivity index (χ1v) is 5.83. The molecule has 1 aromatic carbocycles. The van der Waals surface area contributed by atoms with Crippen molar-refractivity contribution in [3.63, 3.8) is 0 Å². The molecule has 1 heterocycles. The molecule has 2 aromatic rings. The van der Waals surface area contributed by atoms with Crippen LogP contribution in [0.2, 0.25) is 0 Å². The lowest BCUT2D eigenvalue weighted by Gasteiger charge is -2.07. The van der Waals surface area contributed by atoms with Gasteiger partial charge in [-0.15, -0.1) is 5.10 Å². The van der Waals surface area contributed by atoms with E-state index in [4.69, 9.17) is 10.5 Å². The van der Waals surface area contributed by atoms with E-state index < -0.39 is 0 Å². The molecule has 0 radical (unpaired) electrons. The maximum atomic E-state index is 11.5. The predicted octanol–water partition coefficient (Wildman–Crippen LogP) is 0.0555. The first kappa shape index (κ1) is 12.9. The number of carbonyl (C=O) groups excluding carboxylic acids is 1. The van der Waals surface area contributed by atoms with Gasteiger partial charge in [-0.2, -0.15) is 0 Å². The molecule has 0 atom stereocenters. The molecular weight excluding hydrogens is 246 g/mol. The maximum absolute atomic E-state index is 11.5. The highest BCUT2D eigenvalue weighted by Crippen LogP contribution is 2.12. The molecule has 0 unspecified atom stereocenters. The van der Waals surface area contributed by atoms with Crippen LogP contribution in [0.25, 0.3) is 0 Å². The van der Waals surface area contributed by atoms with Crippen molar-refractivity contribution >= 4 is 11.6 Å². The van der Waals surface area contributed by atoms with Gasteiger partial charge in [-0.25, -0.2) is 0 Å². The molecule has 3 N–H and O–H groups in total. The predicted molar refractivity (Wildman–Crippen MR) is 69.4 cm³/mol. The van der Waals surface area contributed by atoms with Crippen LogP contribution in [-0.2, 0) is 11.3 Å². The van der Waals surface area contributed by atoms with Gasteiger partial charge in [0.1, 0.15) is 5.75 Å². The molecule has 19 heavy (non-hydrogen) atoms.